The molecular formula is C21H21ClN4O. The summed E-state index contributed by atoms with van der Waals surface area (Å²) in [5, 5.41) is 6.55. The first-order valence-corrected chi connectivity index (χ1v) is 8.95. The molecule has 0 fully saturated rings. The number of nitrogens with one attached hydrogen (secondary N) is 2. The summed E-state index contributed by atoms with van der Waals surface area (Å²) in [6.07, 6.45) is 2.98. The number of nitrogens with zero attached hydrogens (tertiary/aromatic N) is 2. The molecule has 0 aliphatic heterocycles. The third kappa shape index (κ3) is 5.05. The molecule has 27 heavy (non-hydrogen) atoms. The van der Waals surface area contributed by atoms with E-state index in [1.807, 2.05) is 12.1 Å². The van der Waals surface area contributed by atoms with E-state index >= 15 is 0 Å². The van der Waals surface area contributed by atoms with Gasteiger partial charge >= 0.3 is 0 Å². The maximum Gasteiger partial charge on any atom is 0.275 e. The van der Waals surface area contributed by atoms with E-state index < -0.39 is 0 Å². The molecule has 0 aliphatic rings. The summed E-state index contributed by atoms with van der Waals surface area (Å²) < 4.78 is 0. The molecule has 1 aromatic heterocycles. The lowest BCUT2D eigenvalue weighted by Crippen LogP contribution is -2.14. The second-order valence-corrected chi connectivity index (χ2v) is 7.64. The van der Waals surface area contributed by atoms with Crippen LogP contribution in [0.25, 0.3) is 0 Å². The van der Waals surface area contributed by atoms with Crippen LogP contribution in [0.15, 0.2) is 60.9 Å². The number of aromatic nitrogens is 2. The van der Waals surface area contributed by atoms with Gasteiger partial charge in [-0.25, -0.2) is 9.97 Å². The summed E-state index contributed by atoms with van der Waals surface area (Å²) >= 11 is 5.84. The van der Waals surface area contributed by atoms with E-state index in [0.29, 0.717) is 16.5 Å². The van der Waals surface area contributed by atoms with Gasteiger partial charge < -0.3 is 10.6 Å². The molecule has 3 aromatic rings. The van der Waals surface area contributed by atoms with Gasteiger partial charge in [0.1, 0.15) is 11.5 Å². The molecule has 2 aromatic carbocycles. The zero-order valence-corrected chi connectivity index (χ0v) is 16.2. The van der Waals surface area contributed by atoms with Crippen LogP contribution in [0.3, 0.4) is 0 Å². The van der Waals surface area contributed by atoms with E-state index in [4.69, 9.17) is 11.6 Å². The Kier molecular flexibility index (Phi) is 5.42. The standard InChI is InChI=1S/C21H21ClN4O/c1-21(2,3)14-4-8-16(9-5-14)25-19-13-23-18(12-24-19)20(27)26-17-10-6-15(22)7-11-17/h4-13H,1-3H3,(H,24,25)(H,26,27). The summed E-state index contributed by atoms with van der Waals surface area (Å²) in [5.41, 5.74) is 3.16. The van der Waals surface area contributed by atoms with Crippen molar-refractivity contribution in [3.05, 3.63) is 77.2 Å². The van der Waals surface area contributed by atoms with Gasteiger partial charge in [0.05, 0.1) is 12.4 Å². The van der Waals surface area contributed by atoms with Crippen molar-refractivity contribution < 1.29 is 4.79 Å². The fraction of sp³-hybridized carbons (Fsp3) is 0.190. The van der Waals surface area contributed by atoms with Crippen molar-refractivity contribution in [1.82, 2.24) is 9.97 Å². The van der Waals surface area contributed by atoms with Crippen LogP contribution in [0.1, 0.15) is 36.8 Å². The fourth-order valence-corrected chi connectivity index (χ4v) is 2.57. The number of anilines is 3. The molecule has 3 rings (SSSR count). The Balaban J connectivity index is 1.64. The quantitative estimate of drug-likeness (QED) is 0.633. The molecule has 6 heteroatoms. The van der Waals surface area contributed by atoms with Crippen molar-refractivity contribution in [1.29, 1.82) is 0 Å². The molecule has 0 unspecified atom stereocenters. The number of rotatable bonds is 4. The maximum absolute atomic E-state index is 12.2. The van der Waals surface area contributed by atoms with Gasteiger partial charge in [0.2, 0.25) is 0 Å². The number of halogens is 1. The Morgan fingerprint density at radius 2 is 1.52 bits per heavy atom. The number of amides is 1. The second-order valence-electron chi connectivity index (χ2n) is 7.20. The first-order chi connectivity index (χ1) is 12.8. The Morgan fingerprint density at radius 3 is 2.07 bits per heavy atom. The Labute approximate surface area is 163 Å². The molecule has 1 heterocycles. The molecule has 0 atom stereocenters. The van der Waals surface area contributed by atoms with Crippen molar-refractivity contribution in [2.45, 2.75) is 26.2 Å². The molecule has 0 radical (unpaired) electrons. The van der Waals surface area contributed by atoms with Gasteiger partial charge in [-0.1, -0.05) is 44.5 Å². The minimum absolute atomic E-state index is 0.109. The van der Waals surface area contributed by atoms with E-state index in [1.54, 1.807) is 24.3 Å². The Hall–Kier alpha value is -2.92. The third-order valence-corrected chi connectivity index (χ3v) is 4.26. The van der Waals surface area contributed by atoms with Crippen LogP contribution in [-0.4, -0.2) is 15.9 Å². The van der Waals surface area contributed by atoms with Crippen molar-refractivity contribution >= 4 is 34.7 Å². The normalized spacial score (nSPS) is 11.1. The van der Waals surface area contributed by atoms with E-state index in [1.165, 1.54) is 18.0 Å². The number of hydrogen-bond acceptors (Lipinski definition) is 4. The highest BCUT2D eigenvalue weighted by Crippen LogP contribution is 2.24. The zero-order chi connectivity index (χ0) is 19.4. The van der Waals surface area contributed by atoms with Gasteiger partial charge in [0, 0.05) is 16.4 Å². The summed E-state index contributed by atoms with van der Waals surface area (Å²) in [6, 6.07) is 15.1. The van der Waals surface area contributed by atoms with Gasteiger partial charge in [0.15, 0.2) is 0 Å². The summed E-state index contributed by atoms with van der Waals surface area (Å²) in [4.78, 5) is 20.7. The van der Waals surface area contributed by atoms with Crippen molar-refractivity contribution in [3.8, 4) is 0 Å². The number of hydrogen-bond donors (Lipinski definition) is 2. The van der Waals surface area contributed by atoms with Crippen LogP contribution in [0.5, 0.6) is 0 Å². The van der Waals surface area contributed by atoms with Crippen molar-refractivity contribution in [2.24, 2.45) is 0 Å². The molecule has 138 valence electrons. The van der Waals surface area contributed by atoms with Crippen LogP contribution < -0.4 is 10.6 Å². The van der Waals surface area contributed by atoms with Crippen LogP contribution >= 0.6 is 11.6 Å². The van der Waals surface area contributed by atoms with E-state index in [9.17, 15) is 4.79 Å². The van der Waals surface area contributed by atoms with E-state index in [-0.39, 0.29) is 17.0 Å². The average molecular weight is 381 g/mol. The first-order valence-electron chi connectivity index (χ1n) is 8.58. The van der Waals surface area contributed by atoms with E-state index in [2.05, 4.69) is 53.5 Å². The fourth-order valence-electron chi connectivity index (χ4n) is 2.44. The predicted octanol–water partition coefficient (Wildman–Crippen LogP) is 5.42. The van der Waals surface area contributed by atoms with Gasteiger partial charge in [-0.15, -0.1) is 0 Å². The molecule has 1 amide bonds. The van der Waals surface area contributed by atoms with Crippen LogP contribution in [-0.2, 0) is 5.41 Å². The summed E-state index contributed by atoms with van der Waals surface area (Å²) in [7, 11) is 0. The third-order valence-electron chi connectivity index (χ3n) is 4.01. The molecule has 0 saturated carbocycles. The van der Waals surface area contributed by atoms with E-state index in [0.717, 1.165) is 5.69 Å². The highest BCUT2D eigenvalue weighted by atomic mass is 35.5. The van der Waals surface area contributed by atoms with Gasteiger partial charge in [-0.2, -0.15) is 0 Å². The molecule has 5 nitrogen and oxygen atoms in total. The SMILES string of the molecule is CC(C)(C)c1ccc(Nc2cnc(C(=O)Nc3ccc(Cl)cc3)cn2)cc1. The minimum Gasteiger partial charge on any atom is -0.339 e. The molecule has 0 spiro atoms. The van der Waals surface area contributed by atoms with Gasteiger partial charge in [-0.3, -0.25) is 4.79 Å². The number of benzene rings is 2. The average Bonchev–Trinajstić information content (AvgIpc) is 2.64. The summed E-state index contributed by atoms with van der Waals surface area (Å²) in [6.45, 7) is 6.53. The minimum atomic E-state index is -0.328. The highest BCUT2D eigenvalue weighted by Gasteiger charge is 2.13. The molecule has 0 aliphatic carbocycles. The topological polar surface area (TPSA) is 66.9 Å². The van der Waals surface area contributed by atoms with Crippen LogP contribution in [0, 0.1) is 0 Å². The van der Waals surface area contributed by atoms with Crippen molar-refractivity contribution in [3.63, 3.8) is 0 Å². The zero-order valence-electron chi connectivity index (χ0n) is 15.5. The lowest BCUT2D eigenvalue weighted by atomic mass is 9.87. The molecule has 2 N–H and O–H groups in total. The highest BCUT2D eigenvalue weighted by molar-refractivity contribution is 6.30. The first kappa shape index (κ1) is 18.9. The predicted molar refractivity (Wildman–Crippen MR) is 110 cm³/mol. The van der Waals surface area contributed by atoms with Gasteiger partial charge in [-0.05, 0) is 47.4 Å². The lowest BCUT2D eigenvalue weighted by molar-refractivity contribution is 0.102. The molecule has 0 bridgehead atoms. The number of carbonyl (C=O) groups excluding carboxylic acids is 1. The van der Waals surface area contributed by atoms with Gasteiger partial charge in [0.25, 0.3) is 5.91 Å². The largest absolute Gasteiger partial charge is 0.339 e. The Morgan fingerprint density at radius 1 is 0.889 bits per heavy atom. The molecular weight excluding hydrogens is 360 g/mol. The van der Waals surface area contributed by atoms with Crippen LogP contribution in [0.4, 0.5) is 17.2 Å². The van der Waals surface area contributed by atoms with Crippen LogP contribution in [0.2, 0.25) is 5.02 Å². The summed E-state index contributed by atoms with van der Waals surface area (Å²) in [5.74, 6) is 0.243. The second kappa shape index (κ2) is 7.76. The number of carbonyl (C=O) groups is 1. The lowest BCUT2D eigenvalue weighted by Gasteiger charge is -2.19. The maximum atomic E-state index is 12.2. The molecule has 0 saturated heterocycles. The van der Waals surface area contributed by atoms with Crippen molar-refractivity contribution in [2.75, 3.05) is 10.6 Å². The Bertz CT molecular complexity index is 914. The smallest absolute Gasteiger partial charge is 0.275 e. The monoisotopic (exact) mass is 380 g/mol.